The van der Waals surface area contributed by atoms with Crippen molar-refractivity contribution >= 4 is 11.6 Å². The quantitative estimate of drug-likeness (QED) is 0.804. The van der Waals surface area contributed by atoms with Gasteiger partial charge in [0.2, 0.25) is 0 Å². The van der Waals surface area contributed by atoms with Gasteiger partial charge in [-0.2, -0.15) is 5.10 Å². The molecular weight excluding hydrogens is 290 g/mol. The fraction of sp³-hybridized carbons (Fsp3) is 0.111. The molecule has 0 unspecified atom stereocenters. The van der Waals surface area contributed by atoms with E-state index in [2.05, 4.69) is 10.4 Å². The van der Waals surface area contributed by atoms with Gasteiger partial charge in [0.05, 0.1) is 12.8 Å². The topological polar surface area (TPSA) is 56.1 Å². The van der Waals surface area contributed by atoms with Gasteiger partial charge in [-0.05, 0) is 30.3 Å². The van der Waals surface area contributed by atoms with Gasteiger partial charge in [0, 0.05) is 18.3 Å². The van der Waals surface area contributed by atoms with Crippen LogP contribution in [-0.4, -0.2) is 22.8 Å². The molecule has 0 aliphatic heterocycles. The van der Waals surface area contributed by atoms with E-state index in [4.69, 9.17) is 4.74 Å². The first-order valence-corrected chi connectivity index (χ1v) is 7.22. The molecule has 3 aromatic rings. The number of hydrogen-bond donors (Lipinski definition) is 1. The number of ether oxygens (including phenoxy) is 1. The first-order chi connectivity index (χ1) is 11.2. The molecule has 0 atom stereocenters. The number of methoxy groups -OCH3 is 1. The Labute approximate surface area is 134 Å². The number of para-hydroxylation sites is 1. The van der Waals surface area contributed by atoms with Crippen LogP contribution in [0.3, 0.4) is 0 Å². The number of benzene rings is 2. The van der Waals surface area contributed by atoms with Gasteiger partial charge in [-0.25, -0.2) is 0 Å². The Bertz CT molecular complexity index is 825. The van der Waals surface area contributed by atoms with E-state index in [9.17, 15) is 4.79 Å². The molecule has 3 rings (SSSR count). The van der Waals surface area contributed by atoms with Crippen molar-refractivity contribution in [3.05, 3.63) is 66.4 Å². The zero-order valence-corrected chi connectivity index (χ0v) is 13.0. The number of carbonyl (C=O) groups is 1. The largest absolute Gasteiger partial charge is 0.497 e. The molecule has 1 amide bonds. The number of rotatable bonds is 4. The van der Waals surface area contributed by atoms with E-state index >= 15 is 0 Å². The molecule has 0 aliphatic rings. The van der Waals surface area contributed by atoms with Crippen molar-refractivity contribution in [1.29, 1.82) is 0 Å². The Balaban J connectivity index is 1.87. The normalized spacial score (nSPS) is 10.3. The molecule has 1 heterocycles. The number of nitrogens with zero attached hydrogens (tertiary/aromatic N) is 2. The van der Waals surface area contributed by atoms with Crippen molar-refractivity contribution in [2.45, 2.75) is 0 Å². The second-order valence-electron chi connectivity index (χ2n) is 5.09. The lowest BCUT2D eigenvalue weighted by atomic mass is 10.1. The monoisotopic (exact) mass is 307 g/mol. The molecule has 0 saturated carbocycles. The first kappa shape index (κ1) is 14.8. The minimum Gasteiger partial charge on any atom is -0.497 e. The molecule has 0 fully saturated rings. The van der Waals surface area contributed by atoms with Crippen LogP contribution in [0.25, 0.3) is 11.3 Å². The first-order valence-electron chi connectivity index (χ1n) is 7.22. The molecule has 0 radical (unpaired) electrons. The second kappa shape index (κ2) is 6.36. The number of hydrogen-bond acceptors (Lipinski definition) is 3. The molecule has 23 heavy (non-hydrogen) atoms. The fourth-order valence-electron chi connectivity index (χ4n) is 2.35. The number of aromatic nitrogens is 2. The van der Waals surface area contributed by atoms with E-state index in [0.717, 1.165) is 22.7 Å². The molecule has 116 valence electrons. The van der Waals surface area contributed by atoms with Crippen molar-refractivity contribution in [3.63, 3.8) is 0 Å². The van der Waals surface area contributed by atoms with Gasteiger partial charge < -0.3 is 10.1 Å². The molecule has 1 N–H and O–H groups in total. The van der Waals surface area contributed by atoms with Gasteiger partial charge in [-0.1, -0.05) is 30.3 Å². The van der Waals surface area contributed by atoms with E-state index in [1.54, 1.807) is 17.9 Å². The molecule has 0 aliphatic carbocycles. The van der Waals surface area contributed by atoms with E-state index < -0.39 is 0 Å². The average molecular weight is 307 g/mol. The minimum atomic E-state index is -0.235. The summed E-state index contributed by atoms with van der Waals surface area (Å²) in [7, 11) is 3.44. The van der Waals surface area contributed by atoms with Gasteiger partial charge in [-0.15, -0.1) is 0 Å². The van der Waals surface area contributed by atoms with Crippen LogP contribution in [0.5, 0.6) is 5.75 Å². The van der Waals surface area contributed by atoms with Crippen molar-refractivity contribution < 1.29 is 9.53 Å². The van der Waals surface area contributed by atoms with Crippen LogP contribution in [-0.2, 0) is 7.05 Å². The summed E-state index contributed by atoms with van der Waals surface area (Å²) in [6.07, 6.45) is 0. The van der Waals surface area contributed by atoms with Crippen molar-refractivity contribution in [2.75, 3.05) is 12.4 Å². The summed E-state index contributed by atoms with van der Waals surface area (Å²) in [6, 6.07) is 18.7. The maximum absolute atomic E-state index is 12.3. The molecular formula is C18H17N3O2. The van der Waals surface area contributed by atoms with E-state index in [1.165, 1.54) is 0 Å². The maximum atomic E-state index is 12.3. The van der Waals surface area contributed by atoms with E-state index in [1.807, 2.05) is 61.6 Å². The third kappa shape index (κ3) is 3.23. The van der Waals surface area contributed by atoms with E-state index in [0.29, 0.717) is 5.69 Å². The molecule has 5 heteroatoms. The summed E-state index contributed by atoms with van der Waals surface area (Å²) < 4.78 is 6.93. The number of nitrogens with one attached hydrogen (secondary N) is 1. The third-order valence-electron chi connectivity index (χ3n) is 3.51. The lowest BCUT2D eigenvalue weighted by Crippen LogP contribution is -2.12. The SMILES string of the molecule is COc1cccc(-c2cc(C(=O)Nc3ccccc3)nn2C)c1. The van der Waals surface area contributed by atoms with Crippen LogP contribution < -0.4 is 10.1 Å². The number of carbonyl (C=O) groups excluding carboxylic acids is 1. The molecule has 0 saturated heterocycles. The predicted octanol–water partition coefficient (Wildman–Crippen LogP) is 3.35. The summed E-state index contributed by atoms with van der Waals surface area (Å²) >= 11 is 0. The van der Waals surface area contributed by atoms with E-state index in [-0.39, 0.29) is 5.91 Å². The standard InChI is InChI=1S/C18H17N3O2/c1-21-17(13-7-6-10-15(11-13)23-2)12-16(20-21)18(22)19-14-8-4-3-5-9-14/h3-12H,1-2H3,(H,19,22). The summed E-state index contributed by atoms with van der Waals surface area (Å²) in [5.41, 5.74) is 2.90. The van der Waals surface area contributed by atoms with Gasteiger partial charge in [0.1, 0.15) is 5.75 Å². The third-order valence-corrected chi connectivity index (χ3v) is 3.51. The molecule has 1 aromatic heterocycles. The Morgan fingerprint density at radius 1 is 1.09 bits per heavy atom. The van der Waals surface area contributed by atoms with Crippen LogP contribution in [0.4, 0.5) is 5.69 Å². The van der Waals surface area contributed by atoms with Crippen molar-refractivity contribution in [2.24, 2.45) is 7.05 Å². The summed E-state index contributed by atoms with van der Waals surface area (Å²) in [5, 5.41) is 7.14. The highest BCUT2D eigenvalue weighted by Crippen LogP contribution is 2.24. The number of amides is 1. The highest BCUT2D eigenvalue weighted by molar-refractivity contribution is 6.03. The number of anilines is 1. The maximum Gasteiger partial charge on any atom is 0.276 e. The average Bonchev–Trinajstić information content (AvgIpc) is 2.98. The highest BCUT2D eigenvalue weighted by Gasteiger charge is 2.14. The summed E-state index contributed by atoms with van der Waals surface area (Å²) in [4.78, 5) is 12.3. The zero-order chi connectivity index (χ0) is 16.2. The fourth-order valence-corrected chi connectivity index (χ4v) is 2.35. The van der Waals surface area contributed by atoms with Crippen molar-refractivity contribution in [3.8, 4) is 17.0 Å². The smallest absolute Gasteiger partial charge is 0.276 e. The van der Waals surface area contributed by atoms with Gasteiger partial charge in [0.25, 0.3) is 5.91 Å². The zero-order valence-electron chi connectivity index (χ0n) is 13.0. The Kier molecular flexibility index (Phi) is 4.10. The highest BCUT2D eigenvalue weighted by atomic mass is 16.5. The Hall–Kier alpha value is -3.08. The summed E-state index contributed by atoms with van der Waals surface area (Å²) in [5.74, 6) is 0.528. The molecule has 0 bridgehead atoms. The van der Waals surface area contributed by atoms with Crippen LogP contribution in [0, 0.1) is 0 Å². The lowest BCUT2D eigenvalue weighted by Gasteiger charge is -2.04. The predicted molar refractivity (Wildman–Crippen MR) is 89.6 cm³/mol. The lowest BCUT2D eigenvalue weighted by molar-refractivity contribution is 0.102. The second-order valence-corrected chi connectivity index (χ2v) is 5.09. The van der Waals surface area contributed by atoms with Crippen LogP contribution in [0.1, 0.15) is 10.5 Å². The van der Waals surface area contributed by atoms with Crippen LogP contribution in [0.2, 0.25) is 0 Å². The van der Waals surface area contributed by atoms with Gasteiger partial charge in [-0.3, -0.25) is 9.48 Å². The molecule has 2 aromatic carbocycles. The molecule has 5 nitrogen and oxygen atoms in total. The van der Waals surface area contributed by atoms with Gasteiger partial charge >= 0.3 is 0 Å². The van der Waals surface area contributed by atoms with Gasteiger partial charge in [0.15, 0.2) is 5.69 Å². The minimum absolute atomic E-state index is 0.235. The molecule has 0 spiro atoms. The Morgan fingerprint density at radius 2 is 1.87 bits per heavy atom. The summed E-state index contributed by atoms with van der Waals surface area (Å²) in [6.45, 7) is 0. The van der Waals surface area contributed by atoms with Crippen LogP contribution in [0.15, 0.2) is 60.7 Å². The van der Waals surface area contributed by atoms with Crippen LogP contribution >= 0.6 is 0 Å². The number of aryl methyl sites for hydroxylation is 1. The van der Waals surface area contributed by atoms with Crippen molar-refractivity contribution in [1.82, 2.24) is 9.78 Å². The Morgan fingerprint density at radius 3 is 2.61 bits per heavy atom.